The molecule has 7 heteroatoms. The first-order valence-corrected chi connectivity index (χ1v) is 10.8. The van der Waals surface area contributed by atoms with Crippen molar-refractivity contribution >= 4 is 33.2 Å². The van der Waals surface area contributed by atoms with Gasteiger partial charge >= 0.3 is 0 Å². The van der Waals surface area contributed by atoms with Crippen LogP contribution in [0.3, 0.4) is 0 Å². The van der Waals surface area contributed by atoms with Crippen LogP contribution in [0.5, 0.6) is 0 Å². The van der Waals surface area contributed by atoms with Crippen LogP contribution in [0.4, 0.5) is 5.69 Å². The lowest BCUT2D eigenvalue weighted by atomic mass is 10.0. The lowest BCUT2D eigenvalue weighted by Gasteiger charge is -2.34. The molecule has 1 fully saturated rings. The summed E-state index contributed by atoms with van der Waals surface area (Å²) in [5.41, 5.74) is 1.55. The van der Waals surface area contributed by atoms with E-state index in [2.05, 4.69) is 5.32 Å². The third kappa shape index (κ3) is 4.69. The lowest BCUT2D eigenvalue weighted by Crippen LogP contribution is -2.45. The minimum atomic E-state index is -3.61. The van der Waals surface area contributed by atoms with Gasteiger partial charge in [-0.2, -0.15) is 4.31 Å². The van der Waals surface area contributed by atoms with Crippen LogP contribution in [0.2, 0.25) is 5.02 Å². The van der Waals surface area contributed by atoms with Crippen LogP contribution in [0, 0.1) is 6.92 Å². The van der Waals surface area contributed by atoms with Crippen molar-refractivity contribution in [2.45, 2.75) is 43.5 Å². The smallest absolute Gasteiger partial charge is 0.243 e. The summed E-state index contributed by atoms with van der Waals surface area (Å²) in [4.78, 5) is 12.8. The van der Waals surface area contributed by atoms with Crippen molar-refractivity contribution in [1.29, 1.82) is 0 Å². The van der Waals surface area contributed by atoms with Crippen LogP contribution in [-0.2, 0) is 14.8 Å². The van der Waals surface area contributed by atoms with Crippen LogP contribution in [0.1, 0.15) is 31.2 Å². The number of benzene rings is 2. The minimum Gasteiger partial charge on any atom is -0.326 e. The van der Waals surface area contributed by atoms with Crippen LogP contribution in [0.25, 0.3) is 0 Å². The zero-order valence-electron chi connectivity index (χ0n) is 15.2. The fourth-order valence-electron chi connectivity index (χ4n) is 3.32. The number of sulfonamides is 1. The molecule has 1 N–H and O–H groups in total. The van der Waals surface area contributed by atoms with Gasteiger partial charge in [0, 0.05) is 29.7 Å². The van der Waals surface area contributed by atoms with Gasteiger partial charge in [0.15, 0.2) is 0 Å². The number of hydrogen-bond acceptors (Lipinski definition) is 3. The van der Waals surface area contributed by atoms with Gasteiger partial charge in [-0.1, -0.05) is 42.3 Å². The Morgan fingerprint density at radius 3 is 2.63 bits per heavy atom. The third-order valence-corrected chi connectivity index (χ3v) is 7.17. The highest BCUT2D eigenvalue weighted by Crippen LogP contribution is 2.27. The van der Waals surface area contributed by atoms with Gasteiger partial charge < -0.3 is 5.32 Å². The van der Waals surface area contributed by atoms with Crippen LogP contribution in [-0.4, -0.2) is 31.2 Å². The zero-order valence-corrected chi connectivity index (χ0v) is 16.8. The molecule has 0 radical (unpaired) electrons. The summed E-state index contributed by atoms with van der Waals surface area (Å²) in [6.07, 6.45) is 2.51. The summed E-state index contributed by atoms with van der Waals surface area (Å²) in [5, 5.41) is 3.41. The molecule has 3 rings (SSSR count). The molecule has 1 atom stereocenters. The van der Waals surface area contributed by atoms with Gasteiger partial charge in [-0.25, -0.2) is 8.42 Å². The summed E-state index contributed by atoms with van der Waals surface area (Å²) in [5.74, 6) is -0.213. The molecule has 0 aliphatic carbocycles. The predicted octanol–water partition coefficient (Wildman–Crippen LogP) is 4.22. The molecule has 2 aromatic rings. The molecule has 1 heterocycles. The molecule has 1 saturated heterocycles. The summed E-state index contributed by atoms with van der Waals surface area (Å²) < 4.78 is 27.5. The molecule has 1 aliphatic heterocycles. The monoisotopic (exact) mass is 406 g/mol. The number of nitrogens with one attached hydrogen (secondary N) is 1. The van der Waals surface area contributed by atoms with Crippen molar-refractivity contribution in [3.05, 3.63) is 59.1 Å². The van der Waals surface area contributed by atoms with E-state index in [4.69, 9.17) is 11.6 Å². The van der Waals surface area contributed by atoms with E-state index in [1.165, 1.54) is 4.31 Å². The standard InChI is InChI=1S/C20H23ClN2O3S/c1-15-10-11-16(13-19(15)21)22-20(24)14-17-7-5-6-12-23(17)27(25,26)18-8-3-2-4-9-18/h2-4,8-11,13,17H,5-7,12,14H2,1H3,(H,22,24). The molecule has 1 unspecified atom stereocenters. The topological polar surface area (TPSA) is 66.5 Å². The highest BCUT2D eigenvalue weighted by molar-refractivity contribution is 7.89. The fourth-order valence-corrected chi connectivity index (χ4v) is 5.21. The Hall–Kier alpha value is -1.89. The molecule has 1 aliphatic rings. The molecular formula is C20H23ClN2O3S. The lowest BCUT2D eigenvalue weighted by molar-refractivity contribution is -0.117. The number of nitrogens with zero attached hydrogens (tertiary/aromatic N) is 1. The van der Waals surface area contributed by atoms with E-state index < -0.39 is 10.0 Å². The maximum atomic E-state index is 13.0. The molecule has 144 valence electrons. The molecule has 0 aromatic heterocycles. The first-order chi connectivity index (χ1) is 12.9. The summed E-state index contributed by atoms with van der Waals surface area (Å²) in [7, 11) is -3.61. The summed E-state index contributed by atoms with van der Waals surface area (Å²) >= 11 is 6.10. The molecule has 27 heavy (non-hydrogen) atoms. The van der Waals surface area contributed by atoms with Crippen molar-refractivity contribution in [1.82, 2.24) is 4.31 Å². The van der Waals surface area contributed by atoms with Crippen molar-refractivity contribution in [2.24, 2.45) is 0 Å². The van der Waals surface area contributed by atoms with E-state index in [9.17, 15) is 13.2 Å². The summed E-state index contributed by atoms with van der Waals surface area (Å²) in [6, 6.07) is 13.4. The van der Waals surface area contributed by atoms with E-state index in [0.717, 1.165) is 18.4 Å². The van der Waals surface area contributed by atoms with Crippen molar-refractivity contribution < 1.29 is 13.2 Å². The van der Waals surface area contributed by atoms with E-state index in [0.29, 0.717) is 23.7 Å². The number of carbonyl (C=O) groups is 1. The first kappa shape index (κ1) is 19.9. The highest BCUT2D eigenvalue weighted by atomic mass is 35.5. The maximum absolute atomic E-state index is 13.0. The van der Waals surface area contributed by atoms with E-state index in [1.54, 1.807) is 42.5 Å². The maximum Gasteiger partial charge on any atom is 0.243 e. The van der Waals surface area contributed by atoms with Crippen molar-refractivity contribution in [2.75, 3.05) is 11.9 Å². The second kappa shape index (κ2) is 8.42. The van der Waals surface area contributed by atoms with Crippen LogP contribution >= 0.6 is 11.6 Å². The highest BCUT2D eigenvalue weighted by Gasteiger charge is 2.34. The van der Waals surface area contributed by atoms with Gasteiger partial charge in [0.2, 0.25) is 15.9 Å². The van der Waals surface area contributed by atoms with Crippen molar-refractivity contribution in [3.63, 3.8) is 0 Å². The van der Waals surface area contributed by atoms with E-state index in [-0.39, 0.29) is 23.3 Å². The summed E-state index contributed by atoms with van der Waals surface area (Å²) in [6.45, 7) is 2.33. The average molecular weight is 407 g/mol. The first-order valence-electron chi connectivity index (χ1n) is 9.01. The predicted molar refractivity (Wildman–Crippen MR) is 107 cm³/mol. The second-order valence-corrected chi connectivity index (χ2v) is 9.09. The second-order valence-electron chi connectivity index (χ2n) is 6.79. The molecule has 2 aromatic carbocycles. The van der Waals surface area contributed by atoms with Gasteiger partial charge in [-0.15, -0.1) is 0 Å². The molecule has 0 spiro atoms. The van der Waals surface area contributed by atoms with Gasteiger partial charge in [0.25, 0.3) is 0 Å². The molecule has 1 amide bonds. The number of halogens is 1. The van der Waals surface area contributed by atoms with E-state index >= 15 is 0 Å². The van der Waals surface area contributed by atoms with Gasteiger partial charge in [0.1, 0.15) is 0 Å². The Kier molecular flexibility index (Phi) is 6.19. The quantitative estimate of drug-likeness (QED) is 0.808. The van der Waals surface area contributed by atoms with Gasteiger partial charge in [-0.3, -0.25) is 4.79 Å². The SMILES string of the molecule is Cc1ccc(NC(=O)CC2CCCCN2S(=O)(=O)c2ccccc2)cc1Cl. The Balaban J connectivity index is 1.73. The number of amides is 1. The van der Waals surface area contributed by atoms with Gasteiger partial charge in [-0.05, 0) is 49.6 Å². The largest absolute Gasteiger partial charge is 0.326 e. The fraction of sp³-hybridized carbons (Fsp3) is 0.350. The number of rotatable bonds is 5. The Labute approximate surface area is 165 Å². The number of anilines is 1. The van der Waals surface area contributed by atoms with Gasteiger partial charge in [0.05, 0.1) is 4.90 Å². The number of aryl methyl sites for hydroxylation is 1. The molecule has 5 nitrogen and oxygen atoms in total. The Morgan fingerprint density at radius 1 is 1.19 bits per heavy atom. The minimum absolute atomic E-state index is 0.123. The number of piperidine rings is 1. The molecular weight excluding hydrogens is 384 g/mol. The molecule has 0 saturated carbocycles. The number of carbonyl (C=O) groups excluding carboxylic acids is 1. The Bertz CT molecular complexity index is 916. The third-order valence-electron chi connectivity index (χ3n) is 4.80. The normalized spacial score (nSPS) is 18.2. The van der Waals surface area contributed by atoms with E-state index in [1.807, 2.05) is 13.0 Å². The molecule has 0 bridgehead atoms. The Morgan fingerprint density at radius 2 is 1.93 bits per heavy atom. The van der Waals surface area contributed by atoms with Crippen LogP contribution in [0.15, 0.2) is 53.4 Å². The van der Waals surface area contributed by atoms with Crippen LogP contribution < -0.4 is 5.32 Å². The zero-order chi connectivity index (χ0) is 19.4. The average Bonchev–Trinajstić information content (AvgIpc) is 2.66. The number of hydrogen-bond donors (Lipinski definition) is 1. The van der Waals surface area contributed by atoms with Crippen molar-refractivity contribution in [3.8, 4) is 0 Å².